The van der Waals surface area contributed by atoms with Gasteiger partial charge in [0.15, 0.2) is 0 Å². The lowest BCUT2D eigenvalue weighted by Gasteiger charge is -2.34. The van der Waals surface area contributed by atoms with Crippen molar-refractivity contribution in [1.82, 2.24) is 14.7 Å². The molecule has 4 rings (SSSR count). The Morgan fingerprint density at radius 2 is 1.71 bits per heavy atom. The van der Waals surface area contributed by atoms with E-state index in [1.165, 1.54) is 0 Å². The highest BCUT2D eigenvalue weighted by molar-refractivity contribution is 7.20. The summed E-state index contributed by atoms with van der Waals surface area (Å²) < 4.78 is 1.12. The van der Waals surface area contributed by atoms with E-state index in [2.05, 4.69) is 4.90 Å². The van der Waals surface area contributed by atoms with Crippen molar-refractivity contribution < 1.29 is 9.59 Å². The van der Waals surface area contributed by atoms with Crippen LogP contribution in [0.4, 0.5) is 0 Å². The molecule has 148 valence electrons. The minimum atomic E-state index is -0.000887. The minimum Gasteiger partial charge on any atom is -0.342 e. The summed E-state index contributed by atoms with van der Waals surface area (Å²) in [6.45, 7) is 5.03. The van der Waals surface area contributed by atoms with Crippen molar-refractivity contribution >= 4 is 50.9 Å². The van der Waals surface area contributed by atoms with E-state index in [0.29, 0.717) is 24.7 Å². The first-order valence-electron chi connectivity index (χ1n) is 9.76. The van der Waals surface area contributed by atoms with E-state index in [0.717, 1.165) is 54.0 Å². The minimum absolute atomic E-state index is 0.000887. The second-order valence-corrected chi connectivity index (χ2v) is 8.76. The van der Waals surface area contributed by atoms with E-state index in [-0.39, 0.29) is 11.8 Å². The molecule has 5 nitrogen and oxygen atoms in total. The lowest BCUT2D eigenvalue weighted by atomic mass is 10.2. The van der Waals surface area contributed by atoms with Gasteiger partial charge in [-0.05, 0) is 25.0 Å². The molecule has 7 heteroatoms. The zero-order valence-electron chi connectivity index (χ0n) is 15.8. The number of rotatable bonds is 4. The van der Waals surface area contributed by atoms with Gasteiger partial charge in [0.2, 0.25) is 11.8 Å². The molecule has 2 saturated heterocycles. The van der Waals surface area contributed by atoms with Crippen LogP contribution in [0.15, 0.2) is 30.3 Å². The Morgan fingerprint density at radius 1 is 1.00 bits per heavy atom. The molecule has 2 aliphatic rings. The molecule has 2 aromatic rings. The van der Waals surface area contributed by atoms with Crippen molar-refractivity contribution in [3.8, 4) is 0 Å². The number of hydrogen-bond donors (Lipinski definition) is 0. The number of carbonyl (C=O) groups excluding carboxylic acids is 2. The molecule has 0 radical (unpaired) electrons. The molecule has 2 fully saturated rings. The number of halogens is 1. The van der Waals surface area contributed by atoms with E-state index in [4.69, 9.17) is 11.6 Å². The highest BCUT2D eigenvalue weighted by Gasteiger charge is 2.24. The molecule has 0 N–H and O–H groups in total. The quantitative estimate of drug-likeness (QED) is 0.716. The van der Waals surface area contributed by atoms with Gasteiger partial charge in [-0.3, -0.25) is 14.5 Å². The third kappa shape index (κ3) is 4.24. The molecule has 1 aromatic carbocycles. The normalized spacial score (nSPS) is 18.5. The van der Waals surface area contributed by atoms with Gasteiger partial charge < -0.3 is 9.80 Å². The van der Waals surface area contributed by atoms with Gasteiger partial charge in [-0.15, -0.1) is 11.3 Å². The molecular weight excluding hydrogens is 394 g/mol. The van der Waals surface area contributed by atoms with Gasteiger partial charge in [-0.25, -0.2) is 0 Å². The zero-order valence-corrected chi connectivity index (χ0v) is 17.3. The molecule has 0 unspecified atom stereocenters. The van der Waals surface area contributed by atoms with Crippen molar-refractivity contribution in [3.63, 3.8) is 0 Å². The Morgan fingerprint density at radius 3 is 2.43 bits per heavy atom. The predicted octanol–water partition coefficient (Wildman–Crippen LogP) is 3.33. The molecule has 0 atom stereocenters. The number of thiophene rings is 1. The summed E-state index contributed by atoms with van der Waals surface area (Å²) in [7, 11) is 0. The molecule has 1 aromatic heterocycles. The maximum absolute atomic E-state index is 12.5. The summed E-state index contributed by atoms with van der Waals surface area (Å²) in [6.07, 6.45) is 5.66. The maximum Gasteiger partial charge on any atom is 0.246 e. The molecule has 0 saturated carbocycles. The summed E-state index contributed by atoms with van der Waals surface area (Å²) in [6, 6.07) is 7.99. The van der Waals surface area contributed by atoms with Gasteiger partial charge in [0.1, 0.15) is 0 Å². The Balaban J connectivity index is 1.30. The van der Waals surface area contributed by atoms with Crippen molar-refractivity contribution in [2.75, 3.05) is 45.8 Å². The molecule has 2 amide bonds. The fourth-order valence-electron chi connectivity index (χ4n) is 3.78. The Bertz CT molecular complexity index is 896. The summed E-state index contributed by atoms with van der Waals surface area (Å²) in [5.74, 6) is 0.218. The van der Waals surface area contributed by atoms with Gasteiger partial charge in [-0.1, -0.05) is 29.8 Å². The summed E-state index contributed by atoms with van der Waals surface area (Å²) >= 11 is 8.03. The fourth-order valence-corrected chi connectivity index (χ4v) is 5.18. The third-order valence-corrected chi connectivity index (χ3v) is 7.09. The van der Waals surface area contributed by atoms with Crippen LogP contribution in [0, 0.1) is 0 Å². The fraction of sp³-hybridized carbons (Fsp3) is 0.429. The maximum atomic E-state index is 12.5. The van der Waals surface area contributed by atoms with Crippen molar-refractivity contribution in [2.45, 2.75) is 12.8 Å². The average Bonchev–Trinajstić information content (AvgIpc) is 3.36. The van der Waals surface area contributed by atoms with E-state index < -0.39 is 0 Å². The third-order valence-electron chi connectivity index (χ3n) is 5.44. The monoisotopic (exact) mass is 417 g/mol. The number of hydrogen-bond acceptors (Lipinski definition) is 4. The smallest absolute Gasteiger partial charge is 0.246 e. The number of amides is 2. The van der Waals surface area contributed by atoms with Crippen LogP contribution in [-0.4, -0.2) is 72.3 Å². The number of benzene rings is 1. The Hall–Kier alpha value is -1.89. The van der Waals surface area contributed by atoms with Crippen LogP contribution < -0.4 is 0 Å². The van der Waals surface area contributed by atoms with Crippen LogP contribution in [0.25, 0.3) is 16.2 Å². The second kappa shape index (κ2) is 8.64. The molecule has 0 spiro atoms. The Labute approximate surface area is 174 Å². The standard InChI is InChI=1S/C21H24ClN3O2S/c22-21-16-5-1-2-6-17(16)28-18(21)7-8-19(26)25-13-11-23(12-14-25)15-20(27)24-9-3-4-10-24/h1-2,5-8H,3-4,9-15H2. The first kappa shape index (κ1) is 19.4. The molecule has 28 heavy (non-hydrogen) atoms. The summed E-state index contributed by atoms with van der Waals surface area (Å²) in [5.41, 5.74) is 0. The van der Waals surface area contributed by atoms with E-state index in [1.807, 2.05) is 40.1 Å². The number of fused-ring (bicyclic) bond motifs is 1. The predicted molar refractivity (Wildman–Crippen MR) is 115 cm³/mol. The van der Waals surface area contributed by atoms with Gasteiger partial charge in [0, 0.05) is 60.3 Å². The number of carbonyl (C=O) groups is 2. The molecule has 0 bridgehead atoms. The van der Waals surface area contributed by atoms with Gasteiger partial charge in [-0.2, -0.15) is 0 Å². The van der Waals surface area contributed by atoms with Crippen LogP contribution in [-0.2, 0) is 9.59 Å². The highest BCUT2D eigenvalue weighted by atomic mass is 35.5. The van der Waals surface area contributed by atoms with Crippen LogP contribution in [0.1, 0.15) is 17.7 Å². The van der Waals surface area contributed by atoms with Crippen LogP contribution in [0.3, 0.4) is 0 Å². The molecule has 3 heterocycles. The summed E-state index contributed by atoms with van der Waals surface area (Å²) in [5, 5.41) is 1.73. The van der Waals surface area contributed by atoms with E-state index >= 15 is 0 Å². The first-order chi connectivity index (χ1) is 13.6. The van der Waals surface area contributed by atoms with E-state index in [9.17, 15) is 9.59 Å². The molecular formula is C21H24ClN3O2S. The molecule has 2 aliphatic heterocycles. The number of nitrogens with zero attached hydrogens (tertiary/aromatic N) is 3. The van der Waals surface area contributed by atoms with Crippen LogP contribution >= 0.6 is 22.9 Å². The van der Waals surface area contributed by atoms with Crippen LogP contribution in [0.5, 0.6) is 0 Å². The average molecular weight is 418 g/mol. The second-order valence-electron chi connectivity index (χ2n) is 7.30. The van der Waals surface area contributed by atoms with E-state index in [1.54, 1.807) is 17.4 Å². The largest absolute Gasteiger partial charge is 0.342 e. The van der Waals surface area contributed by atoms with Crippen molar-refractivity contribution in [3.05, 3.63) is 40.2 Å². The lowest BCUT2D eigenvalue weighted by molar-refractivity contribution is -0.132. The van der Waals surface area contributed by atoms with Crippen LogP contribution in [0.2, 0.25) is 5.02 Å². The Kier molecular flexibility index (Phi) is 5.99. The summed E-state index contributed by atoms with van der Waals surface area (Å²) in [4.78, 5) is 31.7. The molecule has 0 aliphatic carbocycles. The van der Waals surface area contributed by atoms with Gasteiger partial charge in [0.05, 0.1) is 11.6 Å². The number of likely N-dealkylation sites (tertiary alicyclic amines) is 1. The zero-order chi connectivity index (χ0) is 19.5. The SMILES string of the molecule is O=C(C=Cc1sc2ccccc2c1Cl)N1CCN(CC(=O)N2CCCC2)CC1. The highest BCUT2D eigenvalue weighted by Crippen LogP contribution is 2.35. The van der Waals surface area contributed by atoms with Crippen molar-refractivity contribution in [2.24, 2.45) is 0 Å². The lowest BCUT2D eigenvalue weighted by Crippen LogP contribution is -2.51. The topological polar surface area (TPSA) is 43.9 Å². The van der Waals surface area contributed by atoms with Gasteiger partial charge in [0.25, 0.3) is 0 Å². The number of piperazine rings is 1. The first-order valence-corrected chi connectivity index (χ1v) is 11.0. The van der Waals surface area contributed by atoms with Crippen molar-refractivity contribution in [1.29, 1.82) is 0 Å². The van der Waals surface area contributed by atoms with Gasteiger partial charge >= 0.3 is 0 Å².